The van der Waals surface area contributed by atoms with Crippen LogP contribution in [0.3, 0.4) is 0 Å². The molecular weight excluding hydrogens is 330 g/mol. The van der Waals surface area contributed by atoms with Gasteiger partial charge in [0.25, 0.3) is 10.0 Å². The van der Waals surface area contributed by atoms with Gasteiger partial charge in [0.15, 0.2) is 0 Å². The van der Waals surface area contributed by atoms with Crippen LogP contribution in [0.2, 0.25) is 0 Å². The fourth-order valence-corrected chi connectivity index (χ4v) is 4.75. The Hall–Kier alpha value is -2.59. The second-order valence-corrected chi connectivity index (χ2v) is 8.17. The molecule has 4 heteroatoms. The quantitative estimate of drug-likeness (QED) is 0.641. The molecule has 126 valence electrons. The Morgan fingerprint density at radius 3 is 2.44 bits per heavy atom. The molecule has 4 rings (SSSR count). The van der Waals surface area contributed by atoms with Gasteiger partial charge < -0.3 is 0 Å². The first-order valence-corrected chi connectivity index (χ1v) is 9.76. The Morgan fingerprint density at radius 2 is 1.64 bits per heavy atom. The summed E-state index contributed by atoms with van der Waals surface area (Å²) in [6.07, 6.45) is 4.72. The van der Waals surface area contributed by atoms with Gasteiger partial charge in [0.2, 0.25) is 0 Å². The minimum atomic E-state index is -3.60. The number of nitrogens with zero attached hydrogens (tertiary/aromatic N) is 1. The maximum atomic E-state index is 13.2. The Balaban J connectivity index is 1.91. The molecule has 25 heavy (non-hydrogen) atoms. The maximum absolute atomic E-state index is 13.2. The van der Waals surface area contributed by atoms with Crippen LogP contribution in [-0.4, -0.2) is 15.0 Å². The van der Waals surface area contributed by atoms with E-state index >= 15 is 0 Å². The van der Waals surface area contributed by atoms with Gasteiger partial charge in [0.05, 0.1) is 17.1 Å². The third-order valence-electron chi connectivity index (χ3n) is 4.65. The SMILES string of the molecule is Cc1ccc(S(=O)(=O)N2CC=CCc3c2ccc2ccccc32)cc1. The first kappa shape index (κ1) is 15.9. The van der Waals surface area contributed by atoms with Gasteiger partial charge >= 0.3 is 0 Å². The van der Waals surface area contributed by atoms with E-state index in [-0.39, 0.29) is 0 Å². The van der Waals surface area contributed by atoms with E-state index in [4.69, 9.17) is 0 Å². The molecule has 0 unspecified atom stereocenters. The summed E-state index contributed by atoms with van der Waals surface area (Å²) < 4.78 is 28.0. The molecule has 0 N–H and O–H groups in total. The van der Waals surface area contributed by atoms with E-state index in [1.165, 1.54) is 4.31 Å². The van der Waals surface area contributed by atoms with Gasteiger partial charge in [0.1, 0.15) is 0 Å². The molecule has 1 aliphatic rings. The van der Waals surface area contributed by atoms with Crippen LogP contribution >= 0.6 is 0 Å². The van der Waals surface area contributed by atoms with Gasteiger partial charge in [-0.25, -0.2) is 8.42 Å². The summed E-state index contributed by atoms with van der Waals surface area (Å²) >= 11 is 0. The van der Waals surface area contributed by atoms with Crippen molar-refractivity contribution in [1.29, 1.82) is 0 Å². The van der Waals surface area contributed by atoms with E-state index in [0.29, 0.717) is 11.4 Å². The lowest BCUT2D eigenvalue weighted by Gasteiger charge is -2.25. The molecule has 0 radical (unpaired) electrons. The van der Waals surface area contributed by atoms with Crippen molar-refractivity contribution in [1.82, 2.24) is 0 Å². The van der Waals surface area contributed by atoms with Crippen molar-refractivity contribution >= 4 is 26.5 Å². The van der Waals surface area contributed by atoms with E-state index in [2.05, 4.69) is 18.2 Å². The fraction of sp³-hybridized carbons (Fsp3) is 0.143. The topological polar surface area (TPSA) is 37.4 Å². The zero-order valence-corrected chi connectivity index (χ0v) is 14.8. The normalized spacial score (nSPS) is 14.4. The molecule has 3 aromatic carbocycles. The Morgan fingerprint density at radius 1 is 0.880 bits per heavy atom. The van der Waals surface area contributed by atoms with Gasteiger partial charge in [0, 0.05) is 0 Å². The minimum Gasteiger partial charge on any atom is -0.262 e. The number of fused-ring (bicyclic) bond motifs is 3. The number of hydrogen-bond acceptors (Lipinski definition) is 2. The molecule has 0 spiro atoms. The fourth-order valence-electron chi connectivity index (χ4n) is 3.31. The van der Waals surface area contributed by atoms with Crippen LogP contribution in [0.1, 0.15) is 11.1 Å². The highest BCUT2D eigenvalue weighted by atomic mass is 32.2. The molecule has 0 aliphatic carbocycles. The number of rotatable bonds is 2. The van der Waals surface area contributed by atoms with Crippen LogP contribution in [0.5, 0.6) is 0 Å². The van der Waals surface area contributed by atoms with Gasteiger partial charge in [-0.3, -0.25) is 4.31 Å². The molecular formula is C21H19NO2S. The van der Waals surface area contributed by atoms with Gasteiger partial charge in [-0.2, -0.15) is 0 Å². The van der Waals surface area contributed by atoms with Crippen LogP contribution in [0.25, 0.3) is 10.8 Å². The highest BCUT2D eigenvalue weighted by molar-refractivity contribution is 7.92. The van der Waals surface area contributed by atoms with Gasteiger partial charge in [-0.1, -0.05) is 60.2 Å². The van der Waals surface area contributed by atoms with Crippen LogP contribution in [0.15, 0.2) is 77.7 Å². The summed E-state index contributed by atoms with van der Waals surface area (Å²) in [4.78, 5) is 0.326. The first-order valence-electron chi connectivity index (χ1n) is 8.32. The summed E-state index contributed by atoms with van der Waals surface area (Å²) in [5.74, 6) is 0. The van der Waals surface area contributed by atoms with E-state index in [1.807, 2.05) is 49.4 Å². The van der Waals surface area contributed by atoms with Gasteiger partial charge in [-0.05, 0) is 47.9 Å². The number of anilines is 1. The molecule has 1 aliphatic heterocycles. The summed E-state index contributed by atoms with van der Waals surface area (Å²) in [6.45, 7) is 2.30. The average molecular weight is 349 g/mol. The molecule has 0 saturated carbocycles. The van der Waals surface area contributed by atoms with Crippen molar-refractivity contribution in [3.05, 3.63) is 83.9 Å². The van der Waals surface area contributed by atoms with Crippen LogP contribution in [0.4, 0.5) is 5.69 Å². The summed E-state index contributed by atoms with van der Waals surface area (Å²) in [5, 5.41) is 2.24. The third kappa shape index (κ3) is 2.72. The smallest absolute Gasteiger partial charge is 0.262 e. The van der Waals surface area contributed by atoms with E-state index < -0.39 is 10.0 Å². The van der Waals surface area contributed by atoms with Crippen molar-refractivity contribution in [3.8, 4) is 0 Å². The lowest BCUT2D eigenvalue weighted by atomic mass is 10.0. The zero-order valence-electron chi connectivity index (χ0n) is 14.0. The largest absolute Gasteiger partial charge is 0.264 e. The molecule has 0 aromatic heterocycles. The molecule has 3 aromatic rings. The van der Waals surface area contributed by atoms with Crippen LogP contribution in [-0.2, 0) is 16.4 Å². The second-order valence-electron chi connectivity index (χ2n) is 6.31. The molecule has 0 bridgehead atoms. The molecule has 0 amide bonds. The lowest BCUT2D eigenvalue weighted by molar-refractivity contribution is 0.593. The Kier molecular flexibility index (Phi) is 3.85. The number of sulfonamides is 1. The molecule has 0 saturated heterocycles. The predicted molar refractivity (Wildman–Crippen MR) is 103 cm³/mol. The van der Waals surface area contributed by atoms with Crippen molar-refractivity contribution < 1.29 is 8.42 Å². The molecule has 3 nitrogen and oxygen atoms in total. The predicted octanol–water partition coefficient (Wildman–Crippen LogP) is 4.46. The van der Waals surface area contributed by atoms with Crippen molar-refractivity contribution in [2.75, 3.05) is 10.8 Å². The number of benzene rings is 3. The first-order chi connectivity index (χ1) is 12.1. The summed E-state index contributed by atoms with van der Waals surface area (Å²) in [5.41, 5.74) is 2.87. The van der Waals surface area contributed by atoms with E-state index in [1.54, 1.807) is 12.1 Å². The lowest BCUT2D eigenvalue weighted by Crippen LogP contribution is -2.31. The standard InChI is InChI=1S/C21H19NO2S/c1-16-9-12-18(13-10-16)25(23,24)22-15-5-4-8-20-19-7-3-2-6-17(19)11-14-21(20)22/h2-7,9-14H,8,15H2,1H3. The van der Waals surface area contributed by atoms with E-state index in [9.17, 15) is 8.42 Å². The van der Waals surface area contributed by atoms with Crippen molar-refractivity contribution in [3.63, 3.8) is 0 Å². The van der Waals surface area contributed by atoms with Crippen LogP contribution < -0.4 is 4.31 Å². The number of aryl methyl sites for hydroxylation is 1. The molecule has 1 heterocycles. The monoisotopic (exact) mass is 349 g/mol. The Labute approximate surface area is 148 Å². The minimum absolute atomic E-state index is 0.326. The highest BCUT2D eigenvalue weighted by Gasteiger charge is 2.27. The van der Waals surface area contributed by atoms with E-state index in [0.717, 1.165) is 34.0 Å². The summed E-state index contributed by atoms with van der Waals surface area (Å²) in [6, 6.07) is 19.1. The number of allylic oxidation sites excluding steroid dienone is 1. The molecule has 0 atom stereocenters. The second kappa shape index (κ2) is 6.05. The zero-order chi connectivity index (χ0) is 17.4. The average Bonchev–Trinajstić information content (AvgIpc) is 2.85. The highest BCUT2D eigenvalue weighted by Crippen LogP contribution is 2.34. The van der Waals surface area contributed by atoms with Crippen LogP contribution in [0, 0.1) is 6.92 Å². The third-order valence-corrected chi connectivity index (χ3v) is 6.45. The van der Waals surface area contributed by atoms with Crippen molar-refractivity contribution in [2.45, 2.75) is 18.2 Å². The maximum Gasteiger partial charge on any atom is 0.264 e. The number of hydrogen-bond donors (Lipinski definition) is 0. The molecule has 0 fully saturated rings. The Bertz CT molecular complexity index is 1070. The van der Waals surface area contributed by atoms with Gasteiger partial charge in [-0.15, -0.1) is 0 Å². The van der Waals surface area contributed by atoms with Crippen molar-refractivity contribution in [2.24, 2.45) is 0 Å². The summed E-state index contributed by atoms with van der Waals surface area (Å²) in [7, 11) is -3.60.